The predicted molar refractivity (Wildman–Crippen MR) is 151 cm³/mol. The van der Waals surface area contributed by atoms with Gasteiger partial charge in [0, 0.05) is 57.3 Å². The Hall–Kier alpha value is -3.16. The third-order valence-electron chi connectivity index (χ3n) is 7.87. The van der Waals surface area contributed by atoms with Gasteiger partial charge in [0.1, 0.15) is 5.82 Å². The number of rotatable bonds is 6. The highest BCUT2D eigenvalue weighted by atomic mass is 32.2. The SMILES string of the molecule is Cc1cc(-c2ccc(N3CCN(CC4CC4)CC3)cc2)cc2c1nc(-c1ccc(S(C)(=O)=O)cc1)n2C. The number of aryl methyl sites for hydroxylation is 2. The molecule has 0 bridgehead atoms. The third kappa shape index (κ3) is 4.90. The molecule has 4 aromatic rings. The van der Waals surface area contributed by atoms with Crippen molar-refractivity contribution in [3.05, 3.63) is 66.2 Å². The highest BCUT2D eigenvalue weighted by Crippen LogP contribution is 2.33. The number of hydrogen-bond acceptors (Lipinski definition) is 5. The van der Waals surface area contributed by atoms with Crippen molar-refractivity contribution in [1.29, 1.82) is 0 Å². The molecule has 2 aliphatic rings. The minimum atomic E-state index is -3.23. The van der Waals surface area contributed by atoms with Gasteiger partial charge < -0.3 is 9.47 Å². The van der Waals surface area contributed by atoms with Crippen molar-refractivity contribution < 1.29 is 8.42 Å². The van der Waals surface area contributed by atoms with Gasteiger partial charge in [0.15, 0.2) is 9.84 Å². The molecule has 0 spiro atoms. The van der Waals surface area contributed by atoms with Gasteiger partial charge in [0.25, 0.3) is 0 Å². The smallest absolute Gasteiger partial charge is 0.175 e. The maximum Gasteiger partial charge on any atom is 0.175 e. The predicted octanol–water partition coefficient (Wildman–Crippen LogP) is 5.15. The molecule has 37 heavy (non-hydrogen) atoms. The Bertz CT molecular complexity index is 1540. The van der Waals surface area contributed by atoms with E-state index in [9.17, 15) is 8.42 Å². The van der Waals surface area contributed by atoms with Crippen LogP contribution in [-0.4, -0.2) is 61.8 Å². The summed E-state index contributed by atoms with van der Waals surface area (Å²) in [5.41, 5.74) is 7.72. The summed E-state index contributed by atoms with van der Waals surface area (Å²) in [4.78, 5) is 10.4. The van der Waals surface area contributed by atoms with Crippen LogP contribution >= 0.6 is 0 Å². The van der Waals surface area contributed by atoms with Crippen molar-refractivity contribution in [2.24, 2.45) is 13.0 Å². The van der Waals surface area contributed by atoms with Crippen LogP contribution in [0.2, 0.25) is 0 Å². The molecule has 192 valence electrons. The zero-order valence-corrected chi connectivity index (χ0v) is 22.6. The number of benzene rings is 3. The van der Waals surface area contributed by atoms with Gasteiger partial charge in [0.2, 0.25) is 0 Å². The van der Waals surface area contributed by atoms with Crippen LogP contribution in [0.1, 0.15) is 18.4 Å². The van der Waals surface area contributed by atoms with Crippen LogP contribution in [0.4, 0.5) is 5.69 Å². The fourth-order valence-corrected chi connectivity index (χ4v) is 6.08. The number of aromatic nitrogens is 2. The first kappa shape index (κ1) is 24.2. The number of hydrogen-bond donors (Lipinski definition) is 0. The lowest BCUT2D eigenvalue weighted by Gasteiger charge is -2.36. The Morgan fingerprint density at radius 2 is 1.51 bits per heavy atom. The normalized spacial score (nSPS) is 17.0. The fourth-order valence-electron chi connectivity index (χ4n) is 5.45. The zero-order chi connectivity index (χ0) is 25.7. The lowest BCUT2D eigenvalue weighted by atomic mass is 10.0. The minimum Gasteiger partial charge on any atom is -0.369 e. The van der Waals surface area contributed by atoms with Crippen LogP contribution in [0.25, 0.3) is 33.5 Å². The summed E-state index contributed by atoms with van der Waals surface area (Å²) < 4.78 is 25.8. The van der Waals surface area contributed by atoms with Crippen LogP contribution in [0, 0.1) is 12.8 Å². The van der Waals surface area contributed by atoms with E-state index in [2.05, 4.69) is 57.7 Å². The summed E-state index contributed by atoms with van der Waals surface area (Å²) in [6.07, 6.45) is 4.07. The summed E-state index contributed by atoms with van der Waals surface area (Å²) in [6.45, 7) is 7.91. The molecule has 1 saturated heterocycles. The van der Waals surface area contributed by atoms with E-state index in [0.717, 1.165) is 60.1 Å². The highest BCUT2D eigenvalue weighted by Gasteiger charge is 2.26. The summed E-state index contributed by atoms with van der Waals surface area (Å²) >= 11 is 0. The average Bonchev–Trinajstić information content (AvgIpc) is 3.65. The summed E-state index contributed by atoms with van der Waals surface area (Å²) in [5, 5.41) is 0. The topological polar surface area (TPSA) is 58.4 Å². The summed E-state index contributed by atoms with van der Waals surface area (Å²) in [7, 11) is -1.21. The number of fused-ring (bicyclic) bond motifs is 1. The van der Waals surface area contributed by atoms with Gasteiger partial charge in [-0.15, -0.1) is 0 Å². The molecule has 0 radical (unpaired) electrons. The van der Waals surface area contributed by atoms with Gasteiger partial charge in [-0.3, -0.25) is 4.90 Å². The third-order valence-corrected chi connectivity index (χ3v) is 9.00. The van der Waals surface area contributed by atoms with Crippen LogP contribution in [0.5, 0.6) is 0 Å². The fraction of sp³-hybridized carbons (Fsp3) is 0.367. The number of anilines is 1. The molecule has 1 saturated carbocycles. The van der Waals surface area contributed by atoms with E-state index in [1.54, 1.807) is 12.1 Å². The second-order valence-electron chi connectivity index (χ2n) is 10.7. The molecule has 0 N–H and O–H groups in total. The Kier molecular flexibility index (Phi) is 6.08. The number of sulfone groups is 1. The van der Waals surface area contributed by atoms with Gasteiger partial charge in [0.05, 0.1) is 15.9 Å². The van der Waals surface area contributed by atoms with E-state index < -0.39 is 9.84 Å². The lowest BCUT2D eigenvalue weighted by molar-refractivity contribution is 0.248. The van der Waals surface area contributed by atoms with Crippen molar-refractivity contribution in [2.45, 2.75) is 24.7 Å². The van der Waals surface area contributed by atoms with Crippen molar-refractivity contribution in [3.63, 3.8) is 0 Å². The molecule has 0 unspecified atom stereocenters. The Morgan fingerprint density at radius 3 is 2.14 bits per heavy atom. The van der Waals surface area contributed by atoms with E-state index in [0.29, 0.717) is 4.90 Å². The molecule has 0 atom stereocenters. The molecule has 0 amide bonds. The van der Waals surface area contributed by atoms with Crippen molar-refractivity contribution in [2.75, 3.05) is 43.9 Å². The molecule has 1 aromatic heterocycles. The maximum atomic E-state index is 11.8. The molecular weight excluding hydrogens is 480 g/mol. The molecule has 2 fully saturated rings. The monoisotopic (exact) mass is 514 g/mol. The van der Waals surface area contributed by atoms with Crippen molar-refractivity contribution in [3.8, 4) is 22.5 Å². The molecule has 6 nitrogen and oxygen atoms in total. The standard InChI is InChI=1S/C30H34N4O2S/c1-21-18-25(23-6-10-26(11-7-23)34-16-14-33(15-17-34)20-22-4-5-22)19-28-29(21)31-30(32(28)2)24-8-12-27(13-9-24)37(3,35)36/h6-13,18-19,22H,4-5,14-17,20H2,1-3H3. The second kappa shape index (κ2) is 9.30. The molecular formula is C30H34N4O2S. The van der Waals surface area contributed by atoms with Gasteiger partial charge >= 0.3 is 0 Å². The largest absolute Gasteiger partial charge is 0.369 e. The minimum absolute atomic E-state index is 0.317. The lowest BCUT2D eigenvalue weighted by Crippen LogP contribution is -2.47. The molecule has 1 aliphatic carbocycles. The van der Waals surface area contributed by atoms with Crippen LogP contribution in [-0.2, 0) is 16.9 Å². The Morgan fingerprint density at radius 1 is 0.865 bits per heavy atom. The quantitative estimate of drug-likeness (QED) is 0.356. The first-order chi connectivity index (χ1) is 17.8. The number of imidazole rings is 1. The van der Waals surface area contributed by atoms with E-state index >= 15 is 0 Å². The van der Waals surface area contributed by atoms with E-state index in [-0.39, 0.29) is 0 Å². The second-order valence-corrected chi connectivity index (χ2v) is 12.7. The van der Waals surface area contributed by atoms with E-state index in [1.165, 1.54) is 42.5 Å². The van der Waals surface area contributed by atoms with Gasteiger partial charge in [-0.05, 0) is 90.9 Å². The first-order valence-electron chi connectivity index (χ1n) is 13.1. The van der Waals surface area contributed by atoms with Crippen LogP contribution in [0.3, 0.4) is 0 Å². The maximum absolute atomic E-state index is 11.8. The first-order valence-corrected chi connectivity index (χ1v) is 15.0. The highest BCUT2D eigenvalue weighted by molar-refractivity contribution is 7.90. The number of piperazine rings is 1. The van der Waals surface area contributed by atoms with Gasteiger partial charge in [-0.1, -0.05) is 12.1 Å². The zero-order valence-electron chi connectivity index (χ0n) is 21.8. The summed E-state index contributed by atoms with van der Waals surface area (Å²) in [6, 6.07) is 20.3. The van der Waals surface area contributed by atoms with Crippen molar-refractivity contribution >= 4 is 26.6 Å². The molecule has 6 rings (SSSR count). The van der Waals surface area contributed by atoms with Crippen LogP contribution < -0.4 is 4.90 Å². The van der Waals surface area contributed by atoms with Gasteiger partial charge in [-0.25, -0.2) is 13.4 Å². The Labute approximate surface area is 219 Å². The van der Waals surface area contributed by atoms with Gasteiger partial charge in [-0.2, -0.15) is 0 Å². The number of nitrogens with zero attached hydrogens (tertiary/aromatic N) is 4. The summed E-state index contributed by atoms with van der Waals surface area (Å²) in [5.74, 6) is 1.79. The molecule has 2 heterocycles. The van der Waals surface area contributed by atoms with Crippen molar-refractivity contribution in [1.82, 2.24) is 14.5 Å². The molecule has 7 heteroatoms. The Balaban J connectivity index is 1.24. The molecule has 1 aliphatic heterocycles. The van der Waals surface area contributed by atoms with Crippen LogP contribution in [0.15, 0.2) is 65.6 Å². The van der Waals surface area contributed by atoms with E-state index in [4.69, 9.17) is 4.98 Å². The average molecular weight is 515 g/mol. The van der Waals surface area contributed by atoms with E-state index in [1.807, 2.05) is 19.2 Å². The molecule has 3 aromatic carbocycles.